The maximum atomic E-state index is 10.4. The Morgan fingerprint density at radius 1 is 1.00 bits per heavy atom. The lowest BCUT2D eigenvalue weighted by Crippen LogP contribution is -2.19. The van der Waals surface area contributed by atoms with E-state index in [2.05, 4.69) is 9.47 Å². The molecule has 0 rings (SSSR count). The highest BCUT2D eigenvalue weighted by atomic mass is 16.6. The lowest BCUT2D eigenvalue weighted by molar-refractivity contribution is -0.167. The van der Waals surface area contributed by atoms with Gasteiger partial charge in [0.05, 0.1) is 13.2 Å². The zero-order valence-electron chi connectivity index (χ0n) is 8.20. The van der Waals surface area contributed by atoms with Crippen molar-refractivity contribution >= 4 is 11.9 Å². The first-order valence-corrected chi connectivity index (χ1v) is 4.08. The van der Waals surface area contributed by atoms with Crippen molar-refractivity contribution in [3.63, 3.8) is 0 Å². The molecule has 0 aliphatic heterocycles. The molecule has 0 aromatic rings. The summed E-state index contributed by atoms with van der Waals surface area (Å²) in [6.45, 7) is 5.56. The zero-order valence-corrected chi connectivity index (χ0v) is 8.20. The molecule has 0 spiro atoms. The predicted molar refractivity (Wildman–Crippen MR) is 46.0 cm³/mol. The van der Waals surface area contributed by atoms with E-state index < -0.39 is 11.9 Å². The highest BCUT2D eigenvalue weighted by Crippen LogP contribution is 1.82. The second-order valence-electron chi connectivity index (χ2n) is 1.76. The van der Waals surface area contributed by atoms with E-state index in [1.54, 1.807) is 20.8 Å². The van der Waals surface area contributed by atoms with Gasteiger partial charge in [-0.3, -0.25) is 0 Å². The molecule has 0 radical (unpaired) electrons. The fourth-order valence-corrected chi connectivity index (χ4v) is 0.380. The van der Waals surface area contributed by atoms with Crippen molar-refractivity contribution in [2.75, 3.05) is 19.8 Å². The average Bonchev–Trinajstić information content (AvgIpc) is 2.06. The smallest absolute Gasteiger partial charge is 0.417 e. The molecule has 78 valence electrons. The molecule has 0 heterocycles. The van der Waals surface area contributed by atoms with Gasteiger partial charge in [-0.1, -0.05) is 0 Å². The summed E-state index contributed by atoms with van der Waals surface area (Å²) in [5, 5.41) is 7.57. The fraction of sp³-hybridized carbons (Fsp3) is 0.750. The van der Waals surface area contributed by atoms with Crippen LogP contribution in [-0.2, 0) is 19.1 Å². The SMILES string of the molecule is CCO.CCOC(=O)C(=O)OCC. The van der Waals surface area contributed by atoms with Gasteiger partial charge in [0.1, 0.15) is 0 Å². The van der Waals surface area contributed by atoms with Crippen LogP contribution >= 0.6 is 0 Å². The van der Waals surface area contributed by atoms with Gasteiger partial charge < -0.3 is 14.6 Å². The summed E-state index contributed by atoms with van der Waals surface area (Å²) < 4.78 is 8.69. The number of esters is 2. The van der Waals surface area contributed by atoms with Crippen molar-refractivity contribution < 1.29 is 24.2 Å². The van der Waals surface area contributed by atoms with Gasteiger partial charge in [-0.25, -0.2) is 9.59 Å². The molecule has 0 aromatic carbocycles. The molecular weight excluding hydrogens is 176 g/mol. The normalized spacial score (nSPS) is 8.00. The van der Waals surface area contributed by atoms with Gasteiger partial charge in [-0.15, -0.1) is 0 Å². The van der Waals surface area contributed by atoms with Gasteiger partial charge in [0, 0.05) is 6.61 Å². The maximum Gasteiger partial charge on any atom is 0.417 e. The van der Waals surface area contributed by atoms with E-state index >= 15 is 0 Å². The zero-order chi connectivity index (χ0) is 10.7. The number of aliphatic hydroxyl groups excluding tert-OH is 1. The molecule has 0 bridgehead atoms. The summed E-state index contributed by atoms with van der Waals surface area (Å²) >= 11 is 0. The monoisotopic (exact) mass is 192 g/mol. The van der Waals surface area contributed by atoms with E-state index in [0.717, 1.165) is 0 Å². The summed E-state index contributed by atoms with van der Waals surface area (Å²) in [4.78, 5) is 20.9. The molecule has 0 aliphatic carbocycles. The molecule has 0 amide bonds. The van der Waals surface area contributed by atoms with Crippen molar-refractivity contribution in [1.82, 2.24) is 0 Å². The summed E-state index contributed by atoms with van der Waals surface area (Å²) in [6, 6.07) is 0. The molecule has 0 aliphatic rings. The summed E-state index contributed by atoms with van der Waals surface area (Å²) in [6.07, 6.45) is 0. The lowest BCUT2D eigenvalue weighted by atomic mass is 10.7. The quantitative estimate of drug-likeness (QED) is 0.496. The van der Waals surface area contributed by atoms with E-state index in [4.69, 9.17) is 5.11 Å². The van der Waals surface area contributed by atoms with Crippen LogP contribution in [0.25, 0.3) is 0 Å². The number of hydrogen-bond acceptors (Lipinski definition) is 5. The Morgan fingerprint density at radius 3 is 1.38 bits per heavy atom. The predicted octanol–water partition coefficient (Wildman–Crippen LogP) is 0.111. The Labute approximate surface area is 77.6 Å². The van der Waals surface area contributed by atoms with E-state index in [-0.39, 0.29) is 19.8 Å². The molecule has 0 fully saturated rings. The van der Waals surface area contributed by atoms with Gasteiger partial charge in [0.2, 0.25) is 0 Å². The van der Waals surface area contributed by atoms with Crippen molar-refractivity contribution in [2.45, 2.75) is 20.8 Å². The fourth-order valence-electron chi connectivity index (χ4n) is 0.380. The number of rotatable bonds is 2. The molecule has 5 heteroatoms. The summed E-state index contributed by atoms with van der Waals surface area (Å²) in [7, 11) is 0. The van der Waals surface area contributed by atoms with Crippen molar-refractivity contribution in [2.24, 2.45) is 0 Å². The Hall–Kier alpha value is -1.10. The number of aliphatic hydroxyl groups is 1. The van der Waals surface area contributed by atoms with Crippen molar-refractivity contribution in [3.05, 3.63) is 0 Å². The van der Waals surface area contributed by atoms with Crippen LogP contribution < -0.4 is 0 Å². The number of ether oxygens (including phenoxy) is 2. The Bertz CT molecular complexity index is 127. The van der Waals surface area contributed by atoms with Crippen LogP contribution in [0.1, 0.15) is 20.8 Å². The molecule has 0 saturated heterocycles. The van der Waals surface area contributed by atoms with Crippen LogP contribution in [0.3, 0.4) is 0 Å². The lowest BCUT2D eigenvalue weighted by Gasteiger charge is -1.99. The van der Waals surface area contributed by atoms with Crippen LogP contribution in [0.2, 0.25) is 0 Å². The molecular formula is C8H16O5. The van der Waals surface area contributed by atoms with Crippen LogP contribution in [0.15, 0.2) is 0 Å². The summed E-state index contributed by atoms with van der Waals surface area (Å²) in [5.74, 6) is -1.85. The minimum atomic E-state index is -0.927. The number of carbonyl (C=O) groups is 2. The molecule has 1 N–H and O–H groups in total. The summed E-state index contributed by atoms with van der Waals surface area (Å²) in [5.41, 5.74) is 0. The molecule has 0 aromatic heterocycles. The molecule has 13 heavy (non-hydrogen) atoms. The van der Waals surface area contributed by atoms with E-state index in [1.807, 2.05) is 0 Å². The van der Waals surface area contributed by atoms with Gasteiger partial charge in [-0.2, -0.15) is 0 Å². The topological polar surface area (TPSA) is 72.8 Å². The van der Waals surface area contributed by atoms with E-state index in [0.29, 0.717) is 0 Å². The highest BCUT2D eigenvalue weighted by Gasteiger charge is 2.14. The third kappa shape index (κ3) is 10.9. The minimum absolute atomic E-state index is 0.192. The van der Waals surface area contributed by atoms with Gasteiger partial charge in [0.15, 0.2) is 0 Å². The maximum absolute atomic E-state index is 10.4. The number of carbonyl (C=O) groups excluding carboxylic acids is 2. The van der Waals surface area contributed by atoms with E-state index in [1.165, 1.54) is 0 Å². The van der Waals surface area contributed by atoms with Crippen LogP contribution in [0, 0.1) is 0 Å². The molecule has 0 saturated carbocycles. The third-order valence-electron chi connectivity index (χ3n) is 0.718. The Kier molecular flexibility index (Phi) is 12.1. The highest BCUT2D eigenvalue weighted by molar-refractivity contribution is 6.29. The number of hydrogen-bond donors (Lipinski definition) is 1. The van der Waals surface area contributed by atoms with Crippen LogP contribution in [0.5, 0.6) is 0 Å². The van der Waals surface area contributed by atoms with Crippen LogP contribution in [0.4, 0.5) is 0 Å². The third-order valence-corrected chi connectivity index (χ3v) is 0.718. The first-order chi connectivity index (χ1) is 6.13. The van der Waals surface area contributed by atoms with Crippen molar-refractivity contribution in [3.8, 4) is 0 Å². The first-order valence-electron chi connectivity index (χ1n) is 4.08. The minimum Gasteiger partial charge on any atom is -0.458 e. The second kappa shape index (κ2) is 10.9. The average molecular weight is 192 g/mol. The Morgan fingerprint density at radius 2 is 1.23 bits per heavy atom. The second-order valence-corrected chi connectivity index (χ2v) is 1.76. The first kappa shape index (κ1) is 14.4. The van der Waals surface area contributed by atoms with Gasteiger partial charge in [-0.05, 0) is 20.8 Å². The van der Waals surface area contributed by atoms with Gasteiger partial charge in [0.25, 0.3) is 0 Å². The largest absolute Gasteiger partial charge is 0.458 e. The molecule has 0 atom stereocenters. The Balaban J connectivity index is 0. The molecule has 5 nitrogen and oxygen atoms in total. The van der Waals surface area contributed by atoms with Crippen molar-refractivity contribution in [1.29, 1.82) is 0 Å². The van der Waals surface area contributed by atoms with Crippen LogP contribution in [-0.4, -0.2) is 36.9 Å². The molecule has 0 unspecified atom stereocenters. The van der Waals surface area contributed by atoms with Gasteiger partial charge >= 0.3 is 11.9 Å². The van der Waals surface area contributed by atoms with E-state index in [9.17, 15) is 9.59 Å². The standard InChI is InChI=1S/C6H10O4.C2H6O/c1-3-9-5(7)6(8)10-4-2;1-2-3/h3-4H2,1-2H3;3H,2H2,1H3.